The monoisotopic (exact) mass is 587 g/mol. The van der Waals surface area contributed by atoms with E-state index in [1.807, 2.05) is 63.2 Å². The van der Waals surface area contributed by atoms with Crippen LogP contribution in [0.15, 0.2) is 76.6 Å². The van der Waals surface area contributed by atoms with Gasteiger partial charge in [-0.3, -0.25) is 14.5 Å². The predicted molar refractivity (Wildman–Crippen MR) is 161 cm³/mol. The first kappa shape index (κ1) is 28.4. The number of aliphatic hydroxyl groups is 1. The summed E-state index contributed by atoms with van der Waals surface area (Å²) < 4.78 is 11.9. The first-order chi connectivity index (χ1) is 19.8. The average molecular weight is 588 g/mol. The second-order valence-corrected chi connectivity index (χ2v) is 11.6. The Balaban J connectivity index is 1.61. The number of nitrogens with zero attached hydrogens (tertiary/aromatic N) is 3. The van der Waals surface area contributed by atoms with Crippen molar-refractivity contribution in [2.24, 2.45) is 0 Å². The molecule has 3 aromatic carbocycles. The molecular formula is C31H29N3O5S2. The van der Waals surface area contributed by atoms with E-state index in [-0.39, 0.29) is 16.5 Å². The maximum atomic E-state index is 13.6. The summed E-state index contributed by atoms with van der Waals surface area (Å²) in [6.45, 7) is 6.06. The van der Waals surface area contributed by atoms with Gasteiger partial charge in [0.2, 0.25) is 5.13 Å². The zero-order chi connectivity index (χ0) is 29.1. The molecule has 0 radical (unpaired) electrons. The number of amides is 1. The molecule has 1 aromatic heterocycles. The lowest BCUT2D eigenvalue weighted by atomic mass is 9.93. The van der Waals surface area contributed by atoms with Gasteiger partial charge in [0.1, 0.15) is 5.76 Å². The fourth-order valence-electron chi connectivity index (χ4n) is 4.69. The fraction of sp³-hybridized carbons (Fsp3) is 0.226. The molecule has 1 aliphatic heterocycles. The van der Waals surface area contributed by atoms with E-state index in [9.17, 15) is 14.7 Å². The minimum absolute atomic E-state index is 0.0244. The molecule has 1 atom stereocenters. The summed E-state index contributed by atoms with van der Waals surface area (Å²) in [5.41, 5.74) is 3.84. The van der Waals surface area contributed by atoms with E-state index < -0.39 is 17.7 Å². The van der Waals surface area contributed by atoms with Gasteiger partial charge < -0.3 is 14.6 Å². The molecule has 0 aliphatic carbocycles. The lowest BCUT2D eigenvalue weighted by molar-refractivity contribution is -0.132. The van der Waals surface area contributed by atoms with Gasteiger partial charge in [-0.2, -0.15) is 0 Å². The number of ether oxygens (including phenoxy) is 2. The maximum Gasteiger partial charge on any atom is 0.301 e. The molecule has 0 bridgehead atoms. The fourth-order valence-corrected chi connectivity index (χ4v) is 6.51. The van der Waals surface area contributed by atoms with Gasteiger partial charge in [0.25, 0.3) is 5.78 Å². The van der Waals surface area contributed by atoms with Crippen LogP contribution in [0.3, 0.4) is 0 Å². The number of Topliss-reactive ketones (excluding diaryl/α,β-unsaturated/α-hetero) is 1. The third-order valence-corrected chi connectivity index (χ3v) is 8.83. The largest absolute Gasteiger partial charge is 0.507 e. The number of rotatable bonds is 9. The van der Waals surface area contributed by atoms with Crippen molar-refractivity contribution < 1.29 is 24.2 Å². The van der Waals surface area contributed by atoms with Crippen LogP contribution in [0, 0.1) is 13.8 Å². The Hall–Kier alpha value is -4.15. The summed E-state index contributed by atoms with van der Waals surface area (Å²) in [6, 6.07) is 19.8. The van der Waals surface area contributed by atoms with Gasteiger partial charge in [0, 0.05) is 11.3 Å². The predicted octanol–water partition coefficient (Wildman–Crippen LogP) is 6.48. The van der Waals surface area contributed by atoms with Crippen LogP contribution in [-0.2, 0) is 15.3 Å². The maximum absolute atomic E-state index is 13.6. The van der Waals surface area contributed by atoms with E-state index in [0.717, 1.165) is 16.7 Å². The van der Waals surface area contributed by atoms with Gasteiger partial charge in [-0.05, 0) is 55.7 Å². The van der Waals surface area contributed by atoms with Crippen molar-refractivity contribution in [1.29, 1.82) is 0 Å². The van der Waals surface area contributed by atoms with Crippen molar-refractivity contribution in [2.45, 2.75) is 36.9 Å². The normalized spacial score (nSPS) is 16.3. The quantitative estimate of drug-likeness (QED) is 0.0781. The number of hydrogen-bond acceptors (Lipinski definition) is 9. The highest BCUT2D eigenvalue weighted by molar-refractivity contribution is 8.00. The zero-order valence-corrected chi connectivity index (χ0v) is 24.7. The number of ketones is 1. The van der Waals surface area contributed by atoms with Crippen LogP contribution in [0.1, 0.15) is 40.8 Å². The summed E-state index contributed by atoms with van der Waals surface area (Å²) in [7, 11) is 1.52. The Morgan fingerprint density at radius 2 is 1.80 bits per heavy atom. The Labute approximate surface area is 246 Å². The third kappa shape index (κ3) is 5.71. The molecule has 1 N–H and O–H groups in total. The van der Waals surface area contributed by atoms with Gasteiger partial charge >= 0.3 is 5.91 Å². The second kappa shape index (κ2) is 12.2. The van der Waals surface area contributed by atoms with Gasteiger partial charge in [0.05, 0.1) is 25.3 Å². The van der Waals surface area contributed by atoms with Crippen LogP contribution >= 0.6 is 23.1 Å². The molecule has 41 heavy (non-hydrogen) atoms. The topological polar surface area (TPSA) is 102 Å². The van der Waals surface area contributed by atoms with E-state index in [2.05, 4.69) is 10.2 Å². The van der Waals surface area contributed by atoms with E-state index in [0.29, 0.717) is 39.3 Å². The van der Waals surface area contributed by atoms with Crippen LogP contribution in [0.2, 0.25) is 0 Å². The summed E-state index contributed by atoms with van der Waals surface area (Å²) in [6.07, 6.45) is 0. The van der Waals surface area contributed by atoms with Crippen molar-refractivity contribution in [3.05, 3.63) is 100 Å². The van der Waals surface area contributed by atoms with Crippen molar-refractivity contribution in [3.8, 4) is 11.5 Å². The number of hydrogen-bond donors (Lipinski definition) is 1. The number of aryl methyl sites for hydroxylation is 2. The van der Waals surface area contributed by atoms with Crippen molar-refractivity contribution >= 4 is 45.7 Å². The number of carbonyl (C=O) groups excluding carboxylic acids is 2. The van der Waals surface area contributed by atoms with Gasteiger partial charge in [-0.25, -0.2) is 0 Å². The molecular weight excluding hydrogens is 558 g/mol. The van der Waals surface area contributed by atoms with Crippen LogP contribution in [-0.4, -0.2) is 40.7 Å². The van der Waals surface area contributed by atoms with E-state index in [1.54, 1.807) is 24.3 Å². The highest BCUT2D eigenvalue weighted by Gasteiger charge is 2.48. The number of thioether (sulfide) groups is 1. The van der Waals surface area contributed by atoms with Crippen molar-refractivity contribution in [1.82, 2.24) is 10.2 Å². The van der Waals surface area contributed by atoms with Gasteiger partial charge in [-0.1, -0.05) is 77.2 Å². The lowest BCUT2D eigenvalue weighted by Crippen LogP contribution is -2.29. The first-order valence-corrected chi connectivity index (χ1v) is 14.8. The second-order valence-electron chi connectivity index (χ2n) is 9.46. The Morgan fingerprint density at radius 3 is 2.54 bits per heavy atom. The molecule has 0 saturated carbocycles. The molecule has 1 fully saturated rings. The van der Waals surface area contributed by atoms with Gasteiger partial charge in [0.15, 0.2) is 15.8 Å². The number of benzene rings is 3. The van der Waals surface area contributed by atoms with Crippen LogP contribution in [0.25, 0.3) is 5.76 Å². The number of aliphatic hydroxyl groups excluding tert-OH is 1. The molecule has 10 heteroatoms. The molecule has 1 amide bonds. The standard InChI is InChI=1S/C31H29N3O5S2/c1-5-39-23-14-13-21(16-24(23)38-4)26-25(27(35)22-15-18(2)11-12-19(22)3)28(36)29(37)34(26)30-32-33-31(41-30)40-17-20-9-7-6-8-10-20/h6-16,26,35H,5,17H2,1-4H3. The SMILES string of the molecule is CCOc1ccc(C2C(=C(O)c3cc(C)ccc3C)C(=O)C(=O)N2c2nnc(SCc3ccccc3)s2)cc1OC. The minimum atomic E-state index is -0.959. The Kier molecular flexibility index (Phi) is 8.41. The third-order valence-electron chi connectivity index (χ3n) is 6.70. The molecule has 1 aliphatic rings. The summed E-state index contributed by atoms with van der Waals surface area (Å²) in [4.78, 5) is 28.5. The number of aromatic nitrogens is 2. The van der Waals surface area contributed by atoms with Crippen molar-refractivity contribution in [2.75, 3.05) is 18.6 Å². The summed E-state index contributed by atoms with van der Waals surface area (Å²) in [5, 5.41) is 20.4. The number of methoxy groups -OCH3 is 1. The molecule has 8 nitrogen and oxygen atoms in total. The highest BCUT2D eigenvalue weighted by Crippen LogP contribution is 2.46. The summed E-state index contributed by atoms with van der Waals surface area (Å²) in [5.74, 6) is -0.173. The molecule has 0 spiro atoms. The molecule has 2 heterocycles. The smallest absolute Gasteiger partial charge is 0.301 e. The van der Waals surface area contributed by atoms with Crippen molar-refractivity contribution in [3.63, 3.8) is 0 Å². The highest BCUT2D eigenvalue weighted by atomic mass is 32.2. The average Bonchev–Trinajstić information content (AvgIpc) is 3.55. The van der Waals surface area contributed by atoms with Gasteiger partial charge in [-0.15, -0.1) is 10.2 Å². The molecule has 1 saturated heterocycles. The summed E-state index contributed by atoms with van der Waals surface area (Å²) >= 11 is 2.72. The van der Waals surface area contributed by atoms with E-state index in [4.69, 9.17) is 9.47 Å². The lowest BCUT2D eigenvalue weighted by Gasteiger charge is -2.23. The zero-order valence-electron chi connectivity index (χ0n) is 23.1. The van der Waals surface area contributed by atoms with Crippen LogP contribution < -0.4 is 14.4 Å². The van der Waals surface area contributed by atoms with Crippen LogP contribution in [0.5, 0.6) is 11.5 Å². The number of carbonyl (C=O) groups is 2. The van der Waals surface area contributed by atoms with E-state index in [1.165, 1.54) is 35.1 Å². The minimum Gasteiger partial charge on any atom is -0.507 e. The first-order valence-electron chi connectivity index (χ1n) is 13.0. The number of anilines is 1. The Bertz CT molecular complexity index is 1630. The Morgan fingerprint density at radius 1 is 1.02 bits per heavy atom. The molecule has 210 valence electrons. The van der Waals surface area contributed by atoms with Crippen LogP contribution in [0.4, 0.5) is 5.13 Å². The molecule has 1 unspecified atom stereocenters. The van der Waals surface area contributed by atoms with E-state index >= 15 is 0 Å². The molecule has 5 rings (SSSR count). The molecule has 4 aromatic rings.